The van der Waals surface area contributed by atoms with Crippen LogP contribution in [0.5, 0.6) is 11.5 Å². The molecule has 0 unspecified atom stereocenters. The van der Waals surface area contributed by atoms with Crippen LogP contribution in [0.25, 0.3) is 43.9 Å². The molecule has 0 aliphatic heterocycles. The molecule has 10 heteroatoms. The van der Waals surface area contributed by atoms with Crippen LogP contribution in [0.15, 0.2) is 88.3 Å². The van der Waals surface area contributed by atoms with Gasteiger partial charge in [0.2, 0.25) is 0 Å². The van der Waals surface area contributed by atoms with Gasteiger partial charge >= 0.3 is 11.3 Å². The number of hydrogen-bond donors (Lipinski definition) is 0. The SMILES string of the molecule is O=c1ccc2c(OCCOCCOCCOc3c4ccoc4cc4oc(=O)ccc34)c3ccoc3cc2o1. The van der Waals surface area contributed by atoms with Crippen LogP contribution in [0.3, 0.4) is 0 Å². The Kier molecular flexibility index (Phi) is 6.55. The van der Waals surface area contributed by atoms with Gasteiger partial charge in [0.05, 0.1) is 60.5 Å². The molecule has 194 valence electrons. The highest BCUT2D eigenvalue weighted by Crippen LogP contribution is 2.36. The molecular formula is C28H22O10. The first-order chi connectivity index (χ1) is 18.7. The Morgan fingerprint density at radius 3 is 1.39 bits per heavy atom. The molecule has 2 aromatic carbocycles. The number of benzene rings is 2. The first-order valence-corrected chi connectivity index (χ1v) is 12.0. The minimum absolute atomic E-state index is 0.291. The number of fused-ring (bicyclic) bond motifs is 4. The van der Waals surface area contributed by atoms with Crippen LogP contribution in [0.2, 0.25) is 0 Å². The second-order valence-corrected chi connectivity index (χ2v) is 8.33. The molecule has 0 aliphatic carbocycles. The van der Waals surface area contributed by atoms with Crippen molar-refractivity contribution in [2.24, 2.45) is 0 Å². The van der Waals surface area contributed by atoms with E-state index in [0.717, 1.165) is 10.8 Å². The van der Waals surface area contributed by atoms with Crippen LogP contribution < -0.4 is 20.7 Å². The zero-order chi connectivity index (χ0) is 25.9. The van der Waals surface area contributed by atoms with Crippen LogP contribution in [-0.2, 0) is 9.47 Å². The predicted molar refractivity (Wildman–Crippen MR) is 137 cm³/mol. The Labute approximate surface area is 213 Å². The molecule has 0 aliphatic rings. The molecule has 0 saturated heterocycles. The lowest BCUT2D eigenvalue weighted by Gasteiger charge is -2.11. The van der Waals surface area contributed by atoms with Crippen molar-refractivity contribution >= 4 is 43.9 Å². The average Bonchev–Trinajstić information content (AvgIpc) is 3.57. The summed E-state index contributed by atoms with van der Waals surface area (Å²) in [5, 5.41) is 2.94. The third-order valence-electron chi connectivity index (χ3n) is 5.94. The molecule has 6 rings (SSSR count). The Bertz CT molecular complexity index is 1700. The molecule has 4 heterocycles. The average molecular weight is 518 g/mol. The molecule has 0 saturated carbocycles. The molecule has 10 nitrogen and oxygen atoms in total. The summed E-state index contributed by atoms with van der Waals surface area (Å²) in [6.07, 6.45) is 3.11. The van der Waals surface area contributed by atoms with Crippen molar-refractivity contribution in [3.63, 3.8) is 0 Å². The molecule has 0 N–H and O–H groups in total. The molecule has 6 aromatic rings. The Hall–Kier alpha value is -4.54. The van der Waals surface area contributed by atoms with Gasteiger partial charge in [0.25, 0.3) is 0 Å². The number of rotatable bonds is 11. The van der Waals surface area contributed by atoms with Crippen molar-refractivity contribution in [1.29, 1.82) is 0 Å². The van der Waals surface area contributed by atoms with E-state index in [1.54, 1.807) is 48.9 Å². The molecule has 4 aromatic heterocycles. The molecular weight excluding hydrogens is 496 g/mol. The summed E-state index contributed by atoms with van der Waals surface area (Å²) < 4.78 is 44.6. The summed E-state index contributed by atoms with van der Waals surface area (Å²) in [5.41, 5.74) is 1.05. The summed E-state index contributed by atoms with van der Waals surface area (Å²) in [7, 11) is 0. The van der Waals surface area contributed by atoms with E-state index in [4.69, 9.17) is 36.6 Å². The molecule has 0 bridgehead atoms. The maximum atomic E-state index is 11.6. The van der Waals surface area contributed by atoms with Crippen molar-refractivity contribution in [1.82, 2.24) is 0 Å². The van der Waals surface area contributed by atoms with Gasteiger partial charge in [-0.2, -0.15) is 0 Å². The lowest BCUT2D eigenvalue weighted by Crippen LogP contribution is -2.13. The van der Waals surface area contributed by atoms with Crippen LogP contribution in [-0.4, -0.2) is 39.6 Å². The fraction of sp³-hybridized carbons (Fsp3) is 0.214. The van der Waals surface area contributed by atoms with E-state index >= 15 is 0 Å². The highest BCUT2D eigenvalue weighted by Gasteiger charge is 2.14. The van der Waals surface area contributed by atoms with Crippen molar-refractivity contribution in [2.75, 3.05) is 39.6 Å². The topological polar surface area (TPSA) is 124 Å². The summed E-state index contributed by atoms with van der Waals surface area (Å²) >= 11 is 0. The highest BCUT2D eigenvalue weighted by atomic mass is 16.6. The smallest absolute Gasteiger partial charge is 0.336 e. The van der Waals surface area contributed by atoms with Gasteiger partial charge in [-0.05, 0) is 24.3 Å². The normalized spacial score (nSPS) is 11.7. The van der Waals surface area contributed by atoms with E-state index in [2.05, 4.69) is 0 Å². The monoisotopic (exact) mass is 518 g/mol. The van der Waals surface area contributed by atoms with Gasteiger partial charge in [-0.25, -0.2) is 9.59 Å². The lowest BCUT2D eigenvalue weighted by atomic mass is 10.1. The van der Waals surface area contributed by atoms with Gasteiger partial charge in [-0.1, -0.05) is 0 Å². The second kappa shape index (κ2) is 10.4. The molecule has 0 spiro atoms. The minimum atomic E-state index is -0.441. The quantitative estimate of drug-likeness (QED) is 0.173. The maximum absolute atomic E-state index is 11.6. The van der Waals surface area contributed by atoms with Gasteiger partial charge in [-0.3, -0.25) is 0 Å². The first kappa shape index (κ1) is 23.8. The second-order valence-electron chi connectivity index (χ2n) is 8.33. The molecule has 0 fully saturated rings. The van der Waals surface area contributed by atoms with Gasteiger partial charge in [0, 0.05) is 24.3 Å². The first-order valence-electron chi connectivity index (χ1n) is 12.0. The van der Waals surface area contributed by atoms with Gasteiger partial charge in [0.1, 0.15) is 47.0 Å². The summed E-state index contributed by atoms with van der Waals surface area (Å²) in [6, 6.07) is 13.0. The van der Waals surface area contributed by atoms with Crippen molar-refractivity contribution in [3.8, 4) is 11.5 Å². The Balaban J connectivity index is 0.962. The third kappa shape index (κ3) is 4.74. The highest BCUT2D eigenvalue weighted by molar-refractivity contribution is 6.02. The zero-order valence-corrected chi connectivity index (χ0v) is 20.1. The van der Waals surface area contributed by atoms with Crippen LogP contribution >= 0.6 is 0 Å². The molecule has 0 radical (unpaired) electrons. The Morgan fingerprint density at radius 2 is 0.921 bits per heavy atom. The third-order valence-corrected chi connectivity index (χ3v) is 5.94. The lowest BCUT2D eigenvalue weighted by molar-refractivity contribution is 0.0279. The fourth-order valence-corrected chi connectivity index (χ4v) is 4.26. The van der Waals surface area contributed by atoms with Crippen molar-refractivity contribution in [3.05, 3.63) is 81.9 Å². The Morgan fingerprint density at radius 1 is 0.500 bits per heavy atom. The van der Waals surface area contributed by atoms with Gasteiger partial charge in [-0.15, -0.1) is 0 Å². The van der Waals surface area contributed by atoms with E-state index in [1.165, 1.54) is 12.1 Å². The van der Waals surface area contributed by atoms with E-state index < -0.39 is 11.3 Å². The van der Waals surface area contributed by atoms with Crippen LogP contribution in [0, 0.1) is 0 Å². The maximum Gasteiger partial charge on any atom is 0.336 e. The summed E-state index contributed by atoms with van der Waals surface area (Å²) in [5.74, 6) is 1.15. The van der Waals surface area contributed by atoms with Crippen LogP contribution in [0.4, 0.5) is 0 Å². The largest absolute Gasteiger partial charge is 0.490 e. The molecule has 0 amide bonds. The molecule has 0 atom stereocenters. The summed E-state index contributed by atoms with van der Waals surface area (Å²) in [4.78, 5) is 23.2. The fourth-order valence-electron chi connectivity index (χ4n) is 4.26. The van der Waals surface area contributed by atoms with Crippen molar-refractivity contribution < 1.29 is 36.6 Å². The van der Waals surface area contributed by atoms with Crippen molar-refractivity contribution in [2.45, 2.75) is 0 Å². The predicted octanol–water partition coefficient (Wildman–Crippen LogP) is 4.88. The number of ether oxygens (including phenoxy) is 4. The van der Waals surface area contributed by atoms with E-state index in [9.17, 15) is 9.59 Å². The number of hydrogen-bond acceptors (Lipinski definition) is 10. The molecule has 38 heavy (non-hydrogen) atoms. The van der Waals surface area contributed by atoms with Gasteiger partial charge < -0.3 is 36.6 Å². The summed E-state index contributed by atoms with van der Waals surface area (Å²) in [6.45, 7) is 2.01. The van der Waals surface area contributed by atoms with Gasteiger partial charge in [0.15, 0.2) is 0 Å². The standard InChI is InChI=1S/C28H22O10/c29-25-3-1-17-23(37-25)15-21-19(5-7-33-21)27(17)35-13-11-31-9-10-32-12-14-36-28-18-2-4-26(30)38-24(18)16-22-20(28)6-8-34-22/h1-8,15-16H,9-14H2. The van der Waals surface area contributed by atoms with Crippen LogP contribution in [0.1, 0.15) is 0 Å². The number of furan rings is 2. The van der Waals surface area contributed by atoms with E-state index in [1.807, 2.05) is 0 Å². The van der Waals surface area contributed by atoms with E-state index in [-0.39, 0.29) is 0 Å². The van der Waals surface area contributed by atoms with E-state index in [0.29, 0.717) is 84.2 Å². The zero-order valence-electron chi connectivity index (χ0n) is 20.1. The minimum Gasteiger partial charge on any atom is -0.490 e.